The normalized spacial score (nSPS) is 10.7. The van der Waals surface area contributed by atoms with Gasteiger partial charge in [-0.2, -0.15) is 5.26 Å². The first-order valence-corrected chi connectivity index (χ1v) is 7.52. The van der Waals surface area contributed by atoms with Gasteiger partial charge in [0.15, 0.2) is 0 Å². The molecule has 0 aliphatic carbocycles. The second-order valence-electron chi connectivity index (χ2n) is 4.59. The molecule has 2 rings (SSSR count). The average Bonchev–Trinajstić information content (AvgIpc) is 2.38. The molecule has 0 amide bonds. The van der Waals surface area contributed by atoms with Gasteiger partial charge in [-0.05, 0) is 54.2 Å². The molecule has 4 heteroatoms. The van der Waals surface area contributed by atoms with Crippen LogP contribution in [0.3, 0.4) is 0 Å². The molecule has 0 bridgehead atoms. The molecule has 0 saturated heterocycles. The van der Waals surface area contributed by atoms with Crippen LogP contribution >= 0.6 is 21.0 Å². The lowest BCUT2D eigenvalue weighted by atomic mass is 9.98. The van der Waals surface area contributed by atoms with Gasteiger partial charge in [-0.15, -0.1) is 21.0 Å². The average molecular weight is 291 g/mol. The maximum absolute atomic E-state index is 14.5. The molecule has 19 heavy (non-hydrogen) atoms. The summed E-state index contributed by atoms with van der Waals surface area (Å²) in [6, 6.07) is 6.15. The van der Waals surface area contributed by atoms with E-state index in [0.29, 0.717) is 16.7 Å². The Hall–Kier alpha value is -1.10. The molecule has 0 aromatic heterocycles. The second kappa shape index (κ2) is 5.49. The Labute approximate surface area is 119 Å². The summed E-state index contributed by atoms with van der Waals surface area (Å²) in [5, 5.41) is 11.3. The quantitative estimate of drug-likeness (QED) is 0.616. The van der Waals surface area contributed by atoms with Gasteiger partial charge in [-0.25, -0.2) is 4.39 Å². The zero-order valence-corrected chi connectivity index (χ0v) is 13.1. The highest BCUT2D eigenvalue weighted by Crippen LogP contribution is 2.32. The molecule has 2 aromatic carbocycles. The number of benzene rings is 2. The van der Waals surface area contributed by atoms with Crippen LogP contribution in [0, 0.1) is 37.9 Å². The van der Waals surface area contributed by atoms with Gasteiger partial charge < -0.3 is 0 Å². The van der Waals surface area contributed by atoms with Crippen molar-refractivity contribution in [3.05, 3.63) is 34.6 Å². The zero-order chi connectivity index (χ0) is 14.2. The van der Waals surface area contributed by atoms with Crippen molar-refractivity contribution in [3.63, 3.8) is 0 Å². The molecule has 0 fully saturated rings. The Morgan fingerprint density at radius 1 is 1.26 bits per heavy atom. The van der Waals surface area contributed by atoms with E-state index in [2.05, 4.69) is 15.3 Å². The van der Waals surface area contributed by atoms with Crippen molar-refractivity contribution in [2.24, 2.45) is 0 Å². The summed E-state index contributed by atoms with van der Waals surface area (Å²) in [6.07, 6.45) is 0. The fourth-order valence-corrected chi connectivity index (χ4v) is 3.44. The Bertz CT molecular complexity index is 704. The fourth-order valence-electron chi connectivity index (χ4n) is 2.18. The number of halogens is 1. The van der Waals surface area contributed by atoms with Gasteiger partial charge in [0.05, 0.1) is 11.8 Å². The molecule has 0 spiro atoms. The Balaban J connectivity index is 2.81. The topological polar surface area (TPSA) is 23.8 Å². The molecule has 1 nitrogen and oxygen atoms in total. The number of hydrogen-bond acceptors (Lipinski definition) is 2. The lowest BCUT2D eigenvalue weighted by Crippen LogP contribution is -2.02. The van der Waals surface area contributed by atoms with Crippen LogP contribution in [-0.4, -0.2) is 5.75 Å². The van der Waals surface area contributed by atoms with Gasteiger partial charge in [-0.3, -0.25) is 0 Å². The van der Waals surface area contributed by atoms with Gasteiger partial charge >= 0.3 is 0 Å². The monoisotopic (exact) mass is 291 g/mol. The minimum atomic E-state index is -0.143. The first kappa shape index (κ1) is 14.3. The Kier molecular flexibility index (Phi) is 4.13. The maximum Gasteiger partial charge on any atom is 0.134 e. The smallest absolute Gasteiger partial charge is 0.134 e. The van der Waals surface area contributed by atoms with Gasteiger partial charge in [0.2, 0.25) is 0 Å². The van der Waals surface area contributed by atoms with Crippen molar-refractivity contribution in [1.29, 1.82) is 5.26 Å². The Morgan fingerprint density at radius 2 is 1.95 bits per heavy atom. The zero-order valence-electron chi connectivity index (χ0n) is 11.2. The summed E-state index contributed by atoms with van der Waals surface area (Å²) in [6.45, 7) is 5.65. The predicted molar refractivity (Wildman–Crippen MR) is 83.8 cm³/mol. The molecular weight excluding hydrogens is 276 g/mol. The molecule has 2 aromatic rings. The van der Waals surface area contributed by atoms with Gasteiger partial charge in [0.25, 0.3) is 0 Å². The van der Waals surface area contributed by atoms with E-state index in [1.54, 1.807) is 6.92 Å². The van der Waals surface area contributed by atoms with Gasteiger partial charge in [-0.1, -0.05) is 6.07 Å². The molecule has 0 heterocycles. The first-order chi connectivity index (χ1) is 8.97. The number of thioether (sulfide) groups is 1. The summed E-state index contributed by atoms with van der Waals surface area (Å²) in [5.41, 5.74) is 2.58. The molecule has 0 N–H and O–H groups in total. The van der Waals surface area contributed by atoms with E-state index >= 15 is 0 Å². The summed E-state index contributed by atoms with van der Waals surface area (Å²) < 4.78 is 14.5. The standard InChI is InChI=1S/C15H15FNPS/c1-8-6-11-12(18)7-13(19-5-4-17)10(3)14(11)15(16)9(8)2/h6-7H,5,18H2,1-3H3. The van der Waals surface area contributed by atoms with E-state index in [-0.39, 0.29) is 5.82 Å². The third-order valence-electron chi connectivity index (χ3n) is 3.40. The van der Waals surface area contributed by atoms with E-state index in [1.807, 2.05) is 26.0 Å². The lowest BCUT2D eigenvalue weighted by molar-refractivity contribution is 0.628. The summed E-state index contributed by atoms with van der Waals surface area (Å²) in [4.78, 5) is 0.973. The number of aryl methyl sites for hydroxylation is 2. The molecule has 0 aliphatic heterocycles. The summed E-state index contributed by atoms with van der Waals surface area (Å²) in [5.74, 6) is 0.235. The maximum atomic E-state index is 14.5. The molecule has 1 atom stereocenters. The number of fused-ring (bicyclic) bond motifs is 1. The first-order valence-electron chi connectivity index (χ1n) is 5.95. The molecule has 1 unspecified atom stereocenters. The SMILES string of the molecule is Cc1cc2c(P)cc(SCC#N)c(C)c2c(F)c1C. The van der Waals surface area contributed by atoms with Crippen molar-refractivity contribution >= 4 is 37.1 Å². The largest absolute Gasteiger partial charge is 0.206 e. The van der Waals surface area contributed by atoms with E-state index in [9.17, 15) is 4.39 Å². The van der Waals surface area contributed by atoms with Gasteiger partial charge in [0, 0.05) is 10.3 Å². The highest BCUT2D eigenvalue weighted by Gasteiger charge is 2.14. The number of nitrogens with zero attached hydrogens (tertiary/aromatic N) is 1. The fraction of sp³-hybridized carbons (Fsp3) is 0.267. The van der Waals surface area contributed by atoms with Crippen molar-refractivity contribution in [3.8, 4) is 6.07 Å². The highest BCUT2D eigenvalue weighted by molar-refractivity contribution is 7.99. The molecule has 98 valence electrons. The van der Waals surface area contributed by atoms with Crippen LogP contribution in [0.1, 0.15) is 16.7 Å². The van der Waals surface area contributed by atoms with Crippen LogP contribution in [0.5, 0.6) is 0 Å². The van der Waals surface area contributed by atoms with E-state index in [1.165, 1.54) is 11.8 Å². The van der Waals surface area contributed by atoms with Crippen molar-refractivity contribution in [1.82, 2.24) is 0 Å². The molecular formula is C15H15FNPS. The summed E-state index contributed by atoms with van der Waals surface area (Å²) >= 11 is 1.45. The third kappa shape index (κ3) is 2.48. The molecule has 0 saturated carbocycles. The van der Waals surface area contributed by atoms with Crippen molar-refractivity contribution in [2.75, 3.05) is 5.75 Å². The van der Waals surface area contributed by atoms with Crippen LogP contribution in [0.4, 0.5) is 4.39 Å². The van der Waals surface area contributed by atoms with Crippen LogP contribution in [0.2, 0.25) is 0 Å². The van der Waals surface area contributed by atoms with Crippen LogP contribution in [0.25, 0.3) is 10.8 Å². The number of rotatable bonds is 2. The second-order valence-corrected chi connectivity index (χ2v) is 6.23. The Morgan fingerprint density at radius 3 is 2.58 bits per heavy atom. The minimum Gasteiger partial charge on any atom is -0.206 e. The predicted octanol–water partition coefficient (Wildman–Crippen LogP) is 4.02. The van der Waals surface area contributed by atoms with Crippen molar-refractivity contribution in [2.45, 2.75) is 25.7 Å². The lowest BCUT2D eigenvalue weighted by Gasteiger charge is -2.14. The van der Waals surface area contributed by atoms with Crippen molar-refractivity contribution < 1.29 is 4.39 Å². The van der Waals surface area contributed by atoms with Crippen LogP contribution in [-0.2, 0) is 0 Å². The third-order valence-corrected chi connectivity index (χ3v) is 4.89. The van der Waals surface area contributed by atoms with E-state index in [0.717, 1.165) is 26.7 Å². The van der Waals surface area contributed by atoms with Crippen LogP contribution < -0.4 is 5.30 Å². The van der Waals surface area contributed by atoms with Gasteiger partial charge in [0.1, 0.15) is 5.82 Å². The number of nitriles is 1. The van der Waals surface area contributed by atoms with E-state index in [4.69, 9.17) is 5.26 Å². The number of hydrogen-bond donors (Lipinski definition) is 0. The van der Waals surface area contributed by atoms with E-state index < -0.39 is 0 Å². The molecule has 0 aliphatic rings. The summed E-state index contributed by atoms with van der Waals surface area (Å²) in [7, 11) is 2.66. The minimum absolute atomic E-state index is 0.143. The molecule has 0 radical (unpaired) electrons. The highest BCUT2D eigenvalue weighted by atomic mass is 32.2. The van der Waals surface area contributed by atoms with Crippen LogP contribution in [0.15, 0.2) is 17.0 Å².